The highest BCUT2D eigenvalue weighted by Gasteiger charge is 2.33. The van der Waals surface area contributed by atoms with Gasteiger partial charge in [-0.05, 0) is 12.1 Å². The van der Waals surface area contributed by atoms with Gasteiger partial charge >= 0.3 is 12.2 Å². The number of benzene rings is 1. The highest BCUT2D eigenvalue weighted by molar-refractivity contribution is 5.90. The van der Waals surface area contributed by atoms with Gasteiger partial charge in [0.1, 0.15) is 0 Å². The molecule has 0 aliphatic carbocycles. The molecule has 0 atom stereocenters. The van der Waals surface area contributed by atoms with E-state index in [1.54, 1.807) is 38.0 Å². The topological polar surface area (TPSA) is 86.3 Å². The summed E-state index contributed by atoms with van der Waals surface area (Å²) in [6.07, 6.45) is -4.57. The number of anilines is 3. The van der Waals surface area contributed by atoms with Crippen LogP contribution in [0.3, 0.4) is 0 Å². The number of para-hydroxylation sites is 1. The molecule has 0 unspecified atom stereocenters. The molecule has 11 heteroatoms. The first-order valence-electron chi connectivity index (χ1n) is 7.88. The first-order valence-corrected chi connectivity index (χ1v) is 7.88. The Labute approximate surface area is 154 Å². The van der Waals surface area contributed by atoms with Crippen LogP contribution in [0.2, 0.25) is 0 Å². The number of hydrogen-bond donors (Lipinski definition) is 2. The molecule has 146 valence electrons. The van der Waals surface area contributed by atoms with E-state index in [4.69, 9.17) is 0 Å². The van der Waals surface area contributed by atoms with Gasteiger partial charge < -0.3 is 20.4 Å². The Morgan fingerprint density at radius 2 is 1.56 bits per heavy atom. The monoisotopic (exact) mass is 383 g/mol. The molecule has 0 radical (unpaired) electrons. The van der Waals surface area contributed by atoms with Crippen LogP contribution in [-0.4, -0.2) is 49.2 Å². The SMILES string of the molecule is CN(C)c1nc(CNC(=O)Nc2ccccc2C(F)(F)F)nc(N(C)C)n1. The van der Waals surface area contributed by atoms with Gasteiger partial charge in [-0.15, -0.1) is 0 Å². The van der Waals surface area contributed by atoms with Gasteiger partial charge in [0.25, 0.3) is 0 Å². The van der Waals surface area contributed by atoms with Crippen molar-refractivity contribution in [1.82, 2.24) is 20.3 Å². The van der Waals surface area contributed by atoms with Crippen LogP contribution in [0.25, 0.3) is 0 Å². The van der Waals surface area contributed by atoms with Gasteiger partial charge in [-0.25, -0.2) is 4.79 Å². The summed E-state index contributed by atoms with van der Waals surface area (Å²) in [4.78, 5) is 28.0. The number of carbonyl (C=O) groups is 1. The number of amides is 2. The molecule has 2 N–H and O–H groups in total. The van der Waals surface area contributed by atoms with Gasteiger partial charge in [0, 0.05) is 28.2 Å². The molecule has 2 amide bonds. The van der Waals surface area contributed by atoms with E-state index in [-0.39, 0.29) is 18.1 Å². The van der Waals surface area contributed by atoms with E-state index in [9.17, 15) is 18.0 Å². The van der Waals surface area contributed by atoms with Crippen LogP contribution in [0.15, 0.2) is 24.3 Å². The van der Waals surface area contributed by atoms with Crippen LogP contribution in [-0.2, 0) is 12.7 Å². The van der Waals surface area contributed by atoms with E-state index in [1.807, 2.05) is 0 Å². The summed E-state index contributed by atoms with van der Waals surface area (Å²) in [6, 6.07) is 3.93. The minimum Gasteiger partial charge on any atom is -0.347 e. The maximum atomic E-state index is 13.0. The Morgan fingerprint density at radius 1 is 1.00 bits per heavy atom. The molecule has 0 bridgehead atoms. The second-order valence-electron chi connectivity index (χ2n) is 5.99. The predicted octanol–water partition coefficient (Wildman–Crippen LogP) is 2.34. The van der Waals surface area contributed by atoms with Crippen LogP contribution in [0.1, 0.15) is 11.4 Å². The third-order valence-electron chi connectivity index (χ3n) is 3.35. The molecular weight excluding hydrogens is 363 g/mol. The van der Waals surface area contributed by atoms with Crippen LogP contribution < -0.4 is 20.4 Å². The molecule has 2 rings (SSSR count). The van der Waals surface area contributed by atoms with Gasteiger partial charge in [-0.2, -0.15) is 28.1 Å². The van der Waals surface area contributed by atoms with Crippen LogP contribution >= 0.6 is 0 Å². The quantitative estimate of drug-likeness (QED) is 0.824. The van der Waals surface area contributed by atoms with Crippen molar-refractivity contribution in [1.29, 1.82) is 0 Å². The number of alkyl halides is 3. The molecule has 1 aromatic heterocycles. The molecule has 0 aliphatic rings. The summed E-state index contributed by atoms with van der Waals surface area (Å²) in [7, 11) is 7.03. The fourth-order valence-corrected chi connectivity index (χ4v) is 2.04. The minimum atomic E-state index is -4.57. The number of rotatable bonds is 5. The molecule has 27 heavy (non-hydrogen) atoms. The Morgan fingerprint density at radius 3 is 2.07 bits per heavy atom. The third-order valence-corrected chi connectivity index (χ3v) is 3.35. The molecule has 1 aromatic carbocycles. The molecule has 0 fully saturated rings. The summed E-state index contributed by atoms with van der Waals surface area (Å²) >= 11 is 0. The van der Waals surface area contributed by atoms with Crippen molar-refractivity contribution >= 4 is 23.6 Å². The van der Waals surface area contributed by atoms with Crippen molar-refractivity contribution in [2.75, 3.05) is 43.3 Å². The number of carbonyl (C=O) groups excluding carboxylic acids is 1. The predicted molar refractivity (Wildman–Crippen MR) is 95.8 cm³/mol. The number of hydrogen-bond acceptors (Lipinski definition) is 6. The number of aromatic nitrogens is 3. The fraction of sp³-hybridized carbons (Fsp3) is 0.375. The van der Waals surface area contributed by atoms with E-state index in [0.717, 1.165) is 6.07 Å². The molecular formula is C16H20F3N7O. The zero-order valence-corrected chi connectivity index (χ0v) is 15.3. The van der Waals surface area contributed by atoms with Gasteiger partial charge in [0.05, 0.1) is 17.8 Å². The molecule has 0 aliphatic heterocycles. The summed E-state index contributed by atoms with van der Waals surface area (Å²) in [5.74, 6) is 1.07. The number of halogens is 3. The van der Waals surface area contributed by atoms with Crippen molar-refractivity contribution < 1.29 is 18.0 Å². The lowest BCUT2D eigenvalue weighted by atomic mass is 10.1. The third kappa shape index (κ3) is 5.43. The van der Waals surface area contributed by atoms with Gasteiger partial charge in [0.15, 0.2) is 5.82 Å². The Balaban J connectivity index is 2.11. The molecule has 2 aromatic rings. The average Bonchev–Trinajstić information content (AvgIpc) is 2.59. The highest BCUT2D eigenvalue weighted by Crippen LogP contribution is 2.34. The smallest absolute Gasteiger partial charge is 0.347 e. The molecule has 0 saturated heterocycles. The first-order chi connectivity index (χ1) is 12.6. The Hall–Kier alpha value is -3.11. The summed E-state index contributed by atoms with van der Waals surface area (Å²) < 4.78 is 38.9. The minimum absolute atomic E-state index is 0.0791. The van der Waals surface area contributed by atoms with Crippen molar-refractivity contribution in [2.24, 2.45) is 0 Å². The molecule has 0 saturated carbocycles. The normalized spacial score (nSPS) is 11.1. The standard InChI is InChI=1S/C16H20F3N7O/c1-25(2)13-22-12(23-14(24-13)26(3)4)9-20-15(27)21-11-8-6-5-7-10(11)16(17,18)19/h5-8H,9H2,1-4H3,(H2,20,21,27). The zero-order valence-electron chi connectivity index (χ0n) is 15.3. The average molecular weight is 383 g/mol. The Kier molecular flexibility index (Phi) is 6.03. The second kappa shape index (κ2) is 8.06. The summed E-state index contributed by atoms with van der Waals surface area (Å²) in [5.41, 5.74) is -1.26. The van der Waals surface area contributed by atoms with Crippen molar-refractivity contribution in [3.8, 4) is 0 Å². The lowest BCUT2D eigenvalue weighted by Gasteiger charge is -2.17. The van der Waals surface area contributed by atoms with Crippen LogP contribution in [0, 0.1) is 0 Å². The first kappa shape index (κ1) is 20.2. The lowest BCUT2D eigenvalue weighted by Crippen LogP contribution is -2.30. The van der Waals surface area contributed by atoms with Crippen LogP contribution in [0.4, 0.5) is 35.5 Å². The molecule has 0 spiro atoms. The largest absolute Gasteiger partial charge is 0.418 e. The Bertz CT molecular complexity index is 783. The molecule has 8 nitrogen and oxygen atoms in total. The lowest BCUT2D eigenvalue weighted by molar-refractivity contribution is -0.136. The maximum absolute atomic E-state index is 13.0. The summed E-state index contributed by atoms with van der Waals surface area (Å²) in [6.45, 7) is -0.0791. The fourth-order valence-electron chi connectivity index (χ4n) is 2.04. The van der Waals surface area contributed by atoms with Crippen molar-refractivity contribution in [3.63, 3.8) is 0 Å². The number of nitrogens with zero attached hydrogens (tertiary/aromatic N) is 5. The van der Waals surface area contributed by atoms with Crippen molar-refractivity contribution in [3.05, 3.63) is 35.7 Å². The maximum Gasteiger partial charge on any atom is 0.418 e. The number of urea groups is 1. The van der Waals surface area contributed by atoms with E-state index in [0.29, 0.717) is 11.9 Å². The highest BCUT2D eigenvalue weighted by atomic mass is 19.4. The van der Waals surface area contributed by atoms with Crippen molar-refractivity contribution in [2.45, 2.75) is 12.7 Å². The van der Waals surface area contributed by atoms with E-state index < -0.39 is 17.8 Å². The van der Waals surface area contributed by atoms with E-state index in [2.05, 4.69) is 25.6 Å². The second-order valence-corrected chi connectivity index (χ2v) is 5.99. The summed E-state index contributed by atoms with van der Waals surface area (Å²) in [5, 5.41) is 4.65. The van der Waals surface area contributed by atoms with E-state index in [1.165, 1.54) is 18.2 Å². The van der Waals surface area contributed by atoms with Gasteiger partial charge in [-0.3, -0.25) is 0 Å². The van der Waals surface area contributed by atoms with E-state index >= 15 is 0 Å². The van der Waals surface area contributed by atoms with Gasteiger partial charge in [-0.1, -0.05) is 12.1 Å². The van der Waals surface area contributed by atoms with Crippen LogP contribution in [0.5, 0.6) is 0 Å². The molecule has 1 heterocycles. The van der Waals surface area contributed by atoms with Gasteiger partial charge in [0.2, 0.25) is 11.9 Å². The zero-order chi connectivity index (χ0) is 20.2. The number of nitrogens with one attached hydrogen (secondary N) is 2.